The highest BCUT2D eigenvalue weighted by molar-refractivity contribution is 7.13. The molecule has 1 saturated heterocycles. The van der Waals surface area contributed by atoms with Crippen molar-refractivity contribution >= 4 is 22.4 Å². The van der Waals surface area contributed by atoms with E-state index in [9.17, 15) is 4.79 Å². The van der Waals surface area contributed by atoms with Gasteiger partial charge >= 0.3 is 5.97 Å². The van der Waals surface area contributed by atoms with Crippen molar-refractivity contribution in [2.24, 2.45) is 0 Å². The molecule has 1 atom stereocenters. The van der Waals surface area contributed by atoms with Gasteiger partial charge in [-0.2, -0.15) is 0 Å². The van der Waals surface area contributed by atoms with E-state index < -0.39 is 0 Å². The second-order valence-electron chi connectivity index (χ2n) is 4.94. The quantitative estimate of drug-likeness (QED) is 0.812. The largest absolute Gasteiger partial charge is 0.466 e. The first-order valence-electron chi connectivity index (χ1n) is 6.57. The summed E-state index contributed by atoms with van der Waals surface area (Å²) in [5.41, 5.74) is 0.916. The molecular formula is C13H20N2O3S. The van der Waals surface area contributed by atoms with Crippen LogP contribution in [-0.2, 0) is 20.7 Å². The molecule has 0 aromatic carbocycles. The van der Waals surface area contributed by atoms with Crippen molar-refractivity contribution < 1.29 is 14.3 Å². The molecule has 6 heteroatoms. The summed E-state index contributed by atoms with van der Waals surface area (Å²) in [6.45, 7) is 5.89. The first kappa shape index (κ1) is 14.3. The lowest BCUT2D eigenvalue weighted by atomic mass is 10.0. The lowest BCUT2D eigenvalue weighted by Crippen LogP contribution is -2.34. The Bertz CT molecular complexity index is 427. The van der Waals surface area contributed by atoms with Crippen LogP contribution in [0.5, 0.6) is 0 Å². The molecule has 2 heterocycles. The third-order valence-electron chi connectivity index (χ3n) is 3.07. The topological polar surface area (TPSA) is 60.5 Å². The van der Waals surface area contributed by atoms with Gasteiger partial charge in [-0.3, -0.25) is 4.79 Å². The zero-order chi connectivity index (χ0) is 13.7. The van der Waals surface area contributed by atoms with Crippen molar-refractivity contribution in [3.05, 3.63) is 11.1 Å². The van der Waals surface area contributed by atoms with Crippen LogP contribution in [0.3, 0.4) is 0 Å². The highest BCUT2D eigenvalue weighted by Crippen LogP contribution is 2.26. The fourth-order valence-electron chi connectivity index (χ4n) is 1.97. The molecule has 1 aliphatic heterocycles. The number of aryl methyl sites for hydroxylation is 1. The van der Waals surface area contributed by atoms with Crippen molar-refractivity contribution in [3.63, 3.8) is 0 Å². The number of ether oxygens (including phenoxy) is 2. The molecule has 106 valence electrons. The number of carbonyl (C=O) groups is 1. The number of nitrogens with one attached hydrogen (secondary N) is 1. The van der Waals surface area contributed by atoms with E-state index >= 15 is 0 Å². The van der Waals surface area contributed by atoms with Crippen LogP contribution < -0.4 is 5.32 Å². The van der Waals surface area contributed by atoms with Crippen molar-refractivity contribution in [1.82, 2.24) is 4.98 Å². The van der Waals surface area contributed by atoms with Gasteiger partial charge in [0.15, 0.2) is 5.13 Å². The third-order valence-corrected chi connectivity index (χ3v) is 3.88. The maximum Gasteiger partial charge on any atom is 0.306 e. The summed E-state index contributed by atoms with van der Waals surface area (Å²) >= 11 is 1.57. The number of esters is 1. The molecule has 0 bridgehead atoms. The summed E-state index contributed by atoms with van der Waals surface area (Å²) in [7, 11) is 0. The molecule has 2 rings (SSSR count). The Morgan fingerprint density at radius 1 is 1.68 bits per heavy atom. The van der Waals surface area contributed by atoms with Gasteiger partial charge in [0, 0.05) is 18.4 Å². The predicted molar refractivity (Wildman–Crippen MR) is 74.5 cm³/mol. The van der Waals surface area contributed by atoms with Crippen LogP contribution in [0, 0.1) is 0 Å². The molecule has 0 aliphatic carbocycles. The summed E-state index contributed by atoms with van der Waals surface area (Å²) in [5, 5.41) is 6.30. The number of nitrogens with zero attached hydrogens (tertiary/aromatic N) is 1. The van der Waals surface area contributed by atoms with Crippen molar-refractivity contribution in [2.45, 2.75) is 38.6 Å². The second-order valence-corrected chi connectivity index (χ2v) is 5.80. The lowest BCUT2D eigenvalue weighted by molar-refractivity contribution is -0.143. The summed E-state index contributed by atoms with van der Waals surface area (Å²) < 4.78 is 10.3. The van der Waals surface area contributed by atoms with Gasteiger partial charge in [0.25, 0.3) is 0 Å². The molecule has 5 nitrogen and oxygen atoms in total. The lowest BCUT2D eigenvalue weighted by Gasteiger charge is -2.22. The Balaban J connectivity index is 1.83. The van der Waals surface area contributed by atoms with Gasteiger partial charge in [-0.25, -0.2) is 4.98 Å². The van der Waals surface area contributed by atoms with Crippen LogP contribution in [0.25, 0.3) is 0 Å². The van der Waals surface area contributed by atoms with E-state index in [1.165, 1.54) is 0 Å². The van der Waals surface area contributed by atoms with Crippen LogP contribution in [-0.4, -0.2) is 36.3 Å². The van der Waals surface area contributed by atoms with Crippen LogP contribution >= 0.6 is 11.3 Å². The van der Waals surface area contributed by atoms with E-state index in [0.717, 1.165) is 23.9 Å². The molecule has 1 unspecified atom stereocenters. The van der Waals surface area contributed by atoms with Gasteiger partial charge in [0.2, 0.25) is 0 Å². The van der Waals surface area contributed by atoms with Crippen LogP contribution in [0.2, 0.25) is 0 Å². The number of thiazole rings is 1. The Morgan fingerprint density at radius 3 is 3.21 bits per heavy atom. The van der Waals surface area contributed by atoms with Crippen LogP contribution in [0.4, 0.5) is 5.13 Å². The zero-order valence-electron chi connectivity index (χ0n) is 11.4. The van der Waals surface area contributed by atoms with Crippen molar-refractivity contribution in [2.75, 3.05) is 25.1 Å². The molecular weight excluding hydrogens is 264 g/mol. The minimum Gasteiger partial charge on any atom is -0.466 e. The van der Waals surface area contributed by atoms with Crippen molar-refractivity contribution in [3.8, 4) is 0 Å². The van der Waals surface area contributed by atoms with Gasteiger partial charge in [0.05, 0.1) is 30.9 Å². The number of carbonyl (C=O) groups excluding carboxylic acids is 1. The molecule has 1 aromatic rings. The fourth-order valence-corrected chi connectivity index (χ4v) is 2.86. The summed E-state index contributed by atoms with van der Waals surface area (Å²) in [6.07, 6.45) is 2.01. The number of rotatable bonds is 6. The Hall–Kier alpha value is -1.14. The van der Waals surface area contributed by atoms with Crippen LogP contribution in [0.1, 0.15) is 32.4 Å². The maximum atomic E-state index is 11.3. The number of anilines is 1. The monoisotopic (exact) mass is 284 g/mol. The Labute approximate surface area is 117 Å². The highest BCUT2D eigenvalue weighted by atomic mass is 32.1. The first-order chi connectivity index (χ1) is 9.11. The molecule has 0 spiro atoms. The predicted octanol–water partition coefficient (Wildman–Crippen LogP) is 2.23. The highest BCUT2D eigenvalue weighted by Gasteiger charge is 2.30. The molecule has 1 N–H and O–H groups in total. The van der Waals surface area contributed by atoms with E-state index in [1.54, 1.807) is 11.3 Å². The van der Waals surface area contributed by atoms with Gasteiger partial charge in [-0.05, 0) is 20.3 Å². The summed E-state index contributed by atoms with van der Waals surface area (Å²) in [5.74, 6) is -0.166. The minimum absolute atomic E-state index is 0.0176. The fraction of sp³-hybridized carbons (Fsp3) is 0.692. The third kappa shape index (κ3) is 4.18. The van der Waals surface area contributed by atoms with E-state index in [1.807, 2.05) is 12.3 Å². The minimum atomic E-state index is -0.166. The molecule has 0 amide bonds. The van der Waals surface area contributed by atoms with E-state index in [2.05, 4.69) is 17.2 Å². The molecule has 0 radical (unpaired) electrons. The SMILES string of the molecule is CCOC(=O)CCc1csc(NC2(C)CCOC2)n1. The average Bonchev–Trinajstić information content (AvgIpc) is 2.97. The summed E-state index contributed by atoms with van der Waals surface area (Å²) in [6, 6.07) is 0. The van der Waals surface area contributed by atoms with Gasteiger partial charge in [-0.1, -0.05) is 0 Å². The molecule has 1 aromatic heterocycles. The Morgan fingerprint density at radius 2 is 2.53 bits per heavy atom. The zero-order valence-corrected chi connectivity index (χ0v) is 12.2. The second kappa shape index (κ2) is 6.34. The first-order valence-corrected chi connectivity index (χ1v) is 7.45. The normalized spacial score (nSPS) is 22.4. The van der Waals surface area contributed by atoms with E-state index in [4.69, 9.17) is 9.47 Å². The van der Waals surface area contributed by atoms with Gasteiger partial charge in [-0.15, -0.1) is 11.3 Å². The molecule has 19 heavy (non-hydrogen) atoms. The number of aromatic nitrogens is 1. The van der Waals surface area contributed by atoms with E-state index in [0.29, 0.717) is 26.1 Å². The van der Waals surface area contributed by atoms with Gasteiger partial charge < -0.3 is 14.8 Å². The molecule has 1 fully saturated rings. The van der Waals surface area contributed by atoms with E-state index in [-0.39, 0.29) is 11.5 Å². The summed E-state index contributed by atoms with van der Waals surface area (Å²) in [4.78, 5) is 15.8. The maximum absolute atomic E-state index is 11.3. The molecule has 0 saturated carbocycles. The van der Waals surface area contributed by atoms with Gasteiger partial charge in [0.1, 0.15) is 0 Å². The smallest absolute Gasteiger partial charge is 0.306 e. The Kier molecular flexibility index (Phi) is 4.76. The van der Waals surface area contributed by atoms with Crippen molar-refractivity contribution in [1.29, 1.82) is 0 Å². The number of hydrogen-bond donors (Lipinski definition) is 1. The average molecular weight is 284 g/mol. The molecule has 1 aliphatic rings. The number of hydrogen-bond acceptors (Lipinski definition) is 6. The standard InChI is InChI=1S/C13H20N2O3S/c1-3-18-11(16)5-4-10-8-19-12(14-10)15-13(2)6-7-17-9-13/h8H,3-7,9H2,1-2H3,(H,14,15). The van der Waals surface area contributed by atoms with Crippen LogP contribution in [0.15, 0.2) is 5.38 Å².